The van der Waals surface area contributed by atoms with Gasteiger partial charge in [0, 0.05) is 0 Å². The first-order valence-corrected chi connectivity index (χ1v) is 4.17. The Morgan fingerprint density at radius 3 is 3.07 bits per heavy atom. The van der Waals surface area contributed by atoms with Gasteiger partial charge >= 0.3 is 0 Å². The predicted molar refractivity (Wildman–Crippen MR) is 48.8 cm³/mol. The molecule has 6 heteroatoms. The maximum Gasteiger partial charge on any atom is 0.197 e. The van der Waals surface area contributed by atoms with Crippen molar-refractivity contribution in [3.63, 3.8) is 0 Å². The molecule has 0 spiro atoms. The Hall–Kier alpha value is -1.82. The minimum Gasteiger partial charge on any atom is -0.321 e. The topological polar surface area (TPSA) is 86.2 Å². The van der Waals surface area contributed by atoms with Gasteiger partial charge in [0.25, 0.3) is 0 Å². The first kappa shape index (κ1) is 8.76. The number of tetrazole rings is 1. The lowest BCUT2D eigenvalue weighted by Gasteiger charge is -2.04. The maximum absolute atomic E-state index is 11.6. The highest BCUT2D eigenvalue weighted by atomic mass is 16.1. The van der Waals surface area contributed by atoms with Gasteiger partial charge in [-0.3, -0.25) is 4.79 Å². The summed E-state index contributed by atoms with van der Waals surface area (Å²) in [6, 6.07) is 4.54. The SMILES string of the molecule is CC(N)C(=O)c1cccc2nnnn12. The lowest BCUT2D eigenvalue weighted by molar-refractivity contribution is 0.0960. The minimum absolute atomic E-state index is 0.178. The quantitative estimate of drug-likeness (QED) is 0.656. The smallest absolute Gasteiger partial charge is 0.197 e. The predicted octanol–water partition coefficient (Wildman–Crippen LogP) is -0.346. The van der Waals surface area contributed by atoms with Crippen LogP contribution in [0.1, 0.15) is 17.4 Å². The second-order valence-electron chi connectivity index (χ2n) is 3.01. The van der Waals surface area contributed by atoms with Gasteiger partial charge in [0.2, 0.25) is 0 Å². The standard InChI is InChI=1S/C8H9N5O/c1-5(9)8(14)6-3-2-4-7-10-11-12-13(6)7/h2-5H,9H2,1H3. The Morgan fingerprint density at radius 2 is 2.36 bits per heavy atom. The van der Waals surface area contributed by atoms with Gasteiger partial charge in [-0.2, -0.15) is 4.52 Å². The second-order valence-corrected chi connectivity index (χ2v) is 3.01. The van der Waals surface area contributed by atoms with Crippen LogP contribution in [0.5, 0.6) is 0 Å². The number of Topliss-reactive ketones (excluding diaryl/α,β-unsaturated/α-hetero) is 1. The molecule has 0 aliphatic heterocycles. The summed E-state index contributed by atoms with van der Waals surface area (Å²) >= 11 is 0. The Labute approximate surface area is 79.7 Å². The van der Waals surface area contributed by atoms with Gasteiger partial charge in [0.05, 0.1) is 6.04 Å². The van der Waals surface area contributed by atoms with Gasteiger partial charge in [0.1, 0.15) is 5.69 Å². The van der Waals surface area contributed by atoms with E-state index in [4.69, 9.17) is 5.73 Å². The Balaban J connectivity index is 2.62. The molecule has 1 unspecified atom stereocenters. The fourth-order valence-corrected chi connectivity index (χ4v) is 1.19. The van der Waals surface area contributed by atoms with Crippen LogP contribution in [0.15, 0.2) is 18.2 Å². The van der Waals surface area contributed by atoms with Crippen molar-refractivity contribution >= 4 is 11.4 Å². The zero-order chi connectivity index (χ0) is 10.1. The third-order valence-electron chi connectivity index (χ3n) is 1.89. The number of hydrogen-bond acceptors (Lipinski definition) is 5. The Morgan fingerprint density at radius 1 is 1.57 bits per heavy atom. The summed E-state index contributed by atoms with van der Waals surface area (Å²) in [7, 11) is 0. The van der Waals surface area contributed by atoms with E-state index in [1.54, 1.807) is 25.1 Å². The van der Waals surface area contributed by atoms with Gasteiger partial charge in [-0.15, -0.1) is 5.10 Å². The van der Waals surface area contributed by atoms with Crippen molar-refractivity contribution in [2.45, 2.75) is 13.0 Å². The summed E-state index contributed by atoms with van der Waals surface area (Å²) in [5.41, 5.74) is 6.44. The molecular weight excluding hydrogens is 182 g/mol. The molecule has 0 bridgehead atoms. The van der Waals surface area contributed by atoms with Crippen molar-refractivity contribution in [3.8, 4) is 0 Å². The second kappa shape index (κ2) is 3.15. The van der Waals surface area contributed by atoms with E-state index in [9.17, 15) is 4.79 Å². The summed E-state index contributed by atoms with van der Waals surface area (Å²) < 4.78 is 1.38. The summed E-state index contributed by atoms with van der Waals surface area (Å²) in [6.07, 6.45) is 0. The van der Waals surface area contributed by atoms with Gasteiger partial charge < -0.3 is 5.73 Å². The van der Waals surface area contributed by atoms with E-state index in [1.807, 2.05) is 0 Å². The Bertz CT molecular complexity index is 475. The van der Waals surface area contributed by atoms with Crippen LogP contribution < -0.4 is 5.73 Å². The zero-order valence-electron chi connectivity index (χ0n) is 7.58. The molecule has 0 aromatic carbocycles. The van der Waals surface area contributed by atoms with Crippen LogP contribution in [0.25, 0.3) is 5.65 Å². The highest BCUT2D eigenvalue weighted by Gasteiger charge is 2.15. The number of carbonyl (C=O) groups excluding carboxylic acids is 1. The molecule has 2 aromatic heterocycles. The molecule has 0 aliphatic rings. The van der Waals surface area contributed by atoms with Crippen LogP contribution in [-0.4, -0.2) is 31.9 Å². The molecule has 2 rings (SSSR count). The van der Waals surface area contributed by atoms with Crippen molar-refractivity contribution in [3.05, 3.63) is 23.9 Å². The average Bonchev–Trinajstić information content (AvgIpc) is 2.63. The van der Waals surface area contributed by atoms with Crippen molar-refractivity contribution in [1.82, 2.24) is 20.0 Å². The highest BCUT2D eigenvalue weighted by molar-refractivity contribution is 5.98. The molecule has 0 saturated heterocycles. The van der Waals surface area contributed by atoms with Crippen LogP contribution in [0.4, 0.5) is 0 Å². The van der Waals surface area contributed by atoms with Crippen molar-refractivity contribution in [2.24, 2.45) is 5.73 Å². The lowest BCUT2D eigenvalue weighted by atomic mass is 10.1. The van der Waals surface area contributed by atoms with Crippen LogP contribution in [0.2, 0.25) is 0 Å². The summed E-state index contributed by atoms with van der Waals surface area (Å²) in [5, 5.41) is 10.9. The minimum atomic E-state index is -0.551. The van der Waals surface area contributed by atoms with Gasteiger partial charge in [-0.1, -0.05) is 6.07 Å². The van der Waals surface area contributed by atoms with E-state index in [2.05, 4.69) is 15.5 Å². The summed E-state index contributed by atoms with van der Waals surface area (Å²) in [6.45, 7) is 1.63. The molecule has 1 atom stereocenters. The first-order chi connectivity index (χ1) is 6.70. The molecule has 0 aliphatic carbocycles. The third-order valence-corrected chi connectivity index (χ3v) is 1.89. The number of carbonyl (C=O) groups is 1. The molecule has 2 N–H and O–H groups in total. The number of hydrogen-bond donors (Lipinski definition) is 1. The Kier molecular flexibility index (Phi) is 1.97. The first-order valence-electron chi connectivity index (χ1n) is 4.17. The number of aromatic nitrogens is 4. The number of rotatable bonds is 2. The third kappa shape index (κ3) is 1.25. The van der Waals surface area contributed by atoms with Crippen LogP contribution in [-0.2, 0) is 0 Å². The largest absolute Gasteiger partial charge is 0.321 e. The molecule has 2 heterocycles. The molecule has 14 heavy (non-hydrogen) atoms. The molecule has 6 nitrogen and oxygen atoms in total. The molecule has 0 amide bonds. The van der Waals surface area contributed by atoms with Crippen LogP contribution in [0.3, 0.4) is 0 Å². The molecule has 0 radical (unpaired) electrons. The summed E-state index contributed by atoms with van der Waals surface area (Å²) in [5.74, 6) is -0.178. The van der Waals surface area contributed by atoms with Crippen molar-refractivity contribution < 1.29 is 4.79 Å². The van der Waals surface area contributed by atoms with E-state index in [0.29, 0.717) is 11.3 Å². The fourth-order valence-electron chi connectivity index (χ4n) is 1.19. The molecule has 2 aromatic rings. The normalized spacial score (nSPS) is 13.0. The van der Waals surface area contributed by atoms with Crippen LogP contribution >= 0.6 is 0 Å². The van der Waals surface area contributed by atoms with Gasteiger partial charge in [0.15, 0.2) is 11.4 Å². The van der Waals surface area contributed by atoms with Crippen molar-refractivity contribution in [2.75, 3.05) is 0 Å². The lowest BCUT2D eigenvalue weighted by Crippen LogP contribution is -2.28. The molecule has 0 saturated carbocycles. The molecule has 0 fully saturated rings. The van der Waals surface area contributed by atoms with E-state index >= 15 is 0 Å². The average molecular weight is 191 g/mol. The number of nitrogens with two attached hydrogens (primary N) is 1. The number of pyridine rings is 1. The van der Waals surface area contributed by atoms with Gasteiger partial charge in [-0.25, -0.2) is 0 Å². The fraction of sp³-hybridized carbons (Fsp3) is 0.250. The van der Waals surface area contributed by atoms with E-state index in [-0.39, 0.29) is 5.78 Å². The summed E-state index contributed by atoms with van der Waals surface area (Å²) in [4.78, 5) is 11.6. The molecular formula is C8H9N5O. The molecule has 72 valence electrons. The number of fused-ring (bicyclic) bond motifs is 1. The van der Waals surface area contributed by atoms with Gasteiger partial charge in [-0.05, 0) is 29.5 Å². The number of ketones is 1. The van der Waals surface area contributed by atoms with Crippen molar-refractivity contribution in [1.29, 1.82) is 0 Å². The highest BCUT2D eigenvalue weighted by Crippen LogP contribution is 2.04. The van der Waals surface area contributed by atoms with E-state index < -0.39 is 6.04 Å². The number of nitrogens with zero attached hydrogens (tertiary/aromatic N) is 4. The van der Waals surface area contributed by atoms with E-state index in [1.165, 1.54) is 4.52 Å². The van der Waals surface area contributed by atoms with Crippen LogP contribution in [0, 0.1) is 0 Å². The van der Waals surface area contributed by atoms with E-state index in [0.717, 1.165) is 0 Å². The maximum atomic E-state index is 11.6. The zero-order valence-corrected chi connectivity index (χ0v) is 7.58. The monoisotopic (exact) mass is 191 g/mol.